The van der Waals surface area contributed by atoms with Crippen molar-refractivity contribution in [2.45, 2.75) is 70.8 Å². The minimum atomic E-state index is -0.444. The molecule has 1 N–H and O–H groups in total. The van der Waals surface area contributed by atoms with E-state index in [1.165, 1.54) is 51.4 Å². The number of hydrogen-bond acceptors (Lipinski definition) is 4. The van der Waals surface area contributed by atoms with E-state index >= 15 is 0 Å². The van der Waals surface area contributed by atoms with Crippen LogP contribution < -0.4 is 21.9 Å². The van der Waals surface area contributed by atoms with Gasteiger partial charge >= 0.3 is 0 Å². The summed E-state index contributed by atoms with van der Waals surface area (Å²) < 4.78 is 3.35. The van der Waals surface area contributed by atoms with Crippen LogP contribution in [0.4, 0.5) is 5.69 Å². The summed E-state index contributed by atoms with van der Waals surface area (Å²) >= 11 is 0. The molecule has 41 heavy (non-hydrogen) atoms. The van der Waals surface area contributed by atoms with Gasteiger partial charge in [0.15, 0.2) is 0 Å². The van der Waals surface area contributed by atoms with E-state index in [0.717, 1.165) is 36.1 Å². The van der Waals surface area contributed by atoms with Gasteiger partial charge < -0.3 is 4.57 Å². The Bertz CT molecular complexity index is 1660. The summed E-state index contributed by atoms with van der Waals surface area (Å²) in [5.74, 6) is 3.02. The molecule has 6 heteroatoms. The molecule has 1 unspecified atom stereocenters. The quantitative estimate of drug-likeness (QED) is 0.165. The number of rotatable bonds is 11. The van der Waals surface area contributed by atoms with Gasteiger partial charge in [0, 0.05) is 12.2 Å². The molecular formula is C35H40N4O2. The fourth-order valence-corrected chi connectivity index (χ4v) is 7.15. The van der Waals surface area contributed by atoms with Gasteiger partial charge in [-0.15, -0.1) is 0 Å². The monoisotopic (exact) mass is 548 g/mol. The third kappa shape index (κ3) is 6.07. The van der Waals surface area contributed by atoms with Crippen LogP contribution in [0.25, 0.3) is 16.7 Å². The molecule has 2 fully saturated rings. The molecule has 0 amide bonds. The van der Waals surface area contributed by atoms with Crippen LogP contribution in [0, 0.1) is 17.8 Å². The highest BCUT2D eigenvalue weighted by Gasteiger charge is 2.38. The number of hydrogen-bond donors (Lipinski definition) is 1. The Kier molecular flexibility index (Phi) is 8.45. The fraction of sp³-hybridized carbons (Fsp3) is 0.400. The van der Waals surface area contributed by atoms with Crippen LogP contribution in [-0.4, -0.2) is 9.13 Å². The molecule has 3 aromatic carbocycles. The fourth-order valence-electron chi connectivity index (χ4n) is 7.15. The van der Waals surface area contributed by atoms with Gasteiger partial charge in [-0.2, -0.15) is 5.10 Å². The first-order valence-corrected chi connectivity index (χ1v) is 15.4. The molecule has 2 aliphatic carbocycles. The number of anilines is 1. The van der Waals surface area contributed by atoms with Gasteiger partial charge in [0.2, 0.25) is 5.36 Å². The molecule has 0 aliphatic heterocycles. The largest absolute Gasteiger partial charge is 0.305 e. The highest BCUT2D eigenvalue weighted by atomic mass is 16.1. The topological polar surface area (TPSA) is 68.4 Å². The lowest BCUT2D eigenvalue weighted by molar-refractivity contribution is 0.304. The first-order chi connectivity index (χ1) is 20.2. The molecule has 212 valence electrons. The lowest BCUT2D eigenvalue weighted by Crippen LogP contribution is -2.45. The van der Waals surface area contributed by atoms with E-state index in [9.17, 15) is 9.59 Å². The third-order valence-electron chi connectivity index (χ3n) is 9.19. The number of benzene rings is 3. The van der Waals surface area contributed by atoms with Crippen molar-refractivity contribution < 1.29 is 0 Å². The smallest absolute Gasteiger partial charge is 0.289 e. The minimum absolute atomic E-state index is 0.125. The molecule has 3 atom stereocenters. The Morgan fingerprint density at radius 2 is 1.39 bits per heavy atom. The predicted molar refractivity (Wildman–Crippen MR) is 166 cm³/mol. The summed E-state index contributed by atoms with van der Waals surface area (Å²) in [6.45, 7) is 0.544. The number of nitrogens with zero attached hydrogens (tertiary/aromatic N) is 3. The van der Waals surface area contributed by atoms with Crippen molar-refractivity contribution in [3.8, 4) is 5.69 Å². The zero-order valence-electron chi connectivity index (χ0n) is 23.8. The number of unbranched alkanes of at least 4 members (excludes halogenated alkanes) is 4. The van der Waals surface area contributed by atoms with Crippen molar-refractivity contribution in [1.29, 1.82) is 0 Å². The van der Waals surface area contributed by atoms with Crippen LogP contribution in [0.3, 0.4) is 0 Å². The van der Waals surface area contributed by atoms with Gasteiger partial charge in [-0.3, -0.25) is 19.6 Å². The Morgan fingerprint density at radius 3 is 2.12 bits per heavy atom. The summed E-state index contributed by atoms with van der Waals surface area (Å²) in [5, 5.41) is 4.27. The van der Waals surface area contributed by atoms with Crippen molar-refractivity contribution in [3.05, 3.63) is 111 Å². The molecule has 6 nitrogen and oxygen atoms in total. The predicted octanol–water partition coefficient (Wildman–Crippen LogP) is 6.86. The van der Waals surface area contributed by atoms with E-state index in [0.29, 0.717) is 23.4 Å². The number of fused-ring (bicyclic) bond motifs is 3. The molecule has 6 rings (SSSR count). The van der Waals surface area contributed by atoms with Crippen molar-refractivity contribution in [3.63, 3.8) is 0 Å². The van der Waals surface area contributed by atoms with E-state index in [1.807, 2.05) is 84.9 Å². The number of nitrogens with one attached hydrogen (secondary N) is 1. The Balaban J connectivity index is 1.27. The molecule has 0 spiro atoms. The van der Waals surface area contributed by atoms with Gasteiger partial charge in [0.25, 0.3) is 11.1 Å². The molecule has 0 radical (unpaired) electrons. The number of para-hydroxylation sites is 4. The van der Waals surface area contributed by atoms with Crippen molar-refractivity contribution in [2.24, 2.45) is 22.9 Å². The van der Waals surface area contributed by atoms with Crippen molar-refractivity contribution >= 4 is 16.7 Å². The van der Waals surface area contributed by atoms with Crippen LogP contribution in [-0.2, 0) is 6.54 Å². The van der Waals surface area contributed by atoms with Crippen molar-refractivity contribution in [2.75, 3.05) is 5.43 Å². The Morgan fingerprint density at radius 1 is 0.707 bits per heavy atom. The van der Waals surface area contributed by atoms with Gasteiger partial charge in [0.05, 0.1) is 16.7 Å². The molecular weight excluding hydrogens is 508 g/mol. The number of aromatic nitrogens is 2. The number of aryl methyl sites for hydroxylation is 1. The zero-order valence-corrected chi connectivity index (χ0v) is 23.8. The highest BCUT2D eigenvalue weighted by Crippen LogP contribution is 2.50. The Labute approximate surface area is 241 Å². The lowest BCUT2D eigenvalue weighted by Gasteiger charge is -2.21. The lowest BCUT2D eigenvalue weighted by atomic mass is 9.85. The maximum Gasteiger partial charge on any atom is 0.289 e. The van der Waals surface area contributed by atoms with Gasteiger partial charge in [-0.05, 0) is 79.8 Å². The standard InChI is InChI=1S/C35H40N4O2/c40-34-33(37-36-29-15-7-4-8-16-29)35(41)39(30-17-9-5-10-18-30)32-20-12-11-19-31(32)38(34)23-13-3-1-2-6-14-27-24-26-21-22-28(27)25-26/h4-5,7-12,15-20,26-28,36H,1-3,6,13-14,21-25H2/b37-33-/t26-,27?,28-/m1/s1. The van der Waals surface area contributed by atoms with Gasteiger partial charge in [-0.25, -0.2) is 0 Å². The molecule has 1 aromatic heterocycles. The maximum absolute atomic E-state index is 14.0. The second-order valence-electron chi connectivity index (χ2n) is 11.9. The SMILES string of the molecule is O=c1/c(=N/Nc2ccccc2)c(=O)n(-c2ccccc2)c2ccccc2n1CCCCCCCC1C[C@H]2CC[C@@H]1C2. The summed E-state index contributed by atoms with van der Waals surface area (Å²) in [6.07, 6.45) is 13.0. The summed E-state index contributed by atoms with van der Waals surface area (Å²) in [7, 11) is 0. The van der Waals surface area contributed by atoms with E-state index < -0.39 is 5.56 Å². The summed E-state index contributed by atoms with van der Waals surface area (Å²) in [5.41, 5.74) is 4.95. The molecule has 2 bridgehead atoms. The minimum Gasteiger partial charge on any atom is -0.305 e. The molecule has 4 aromatic rings. The highest BCUT2D eigenvalue weighted by molar-refractivity contribution is 5.76. The third-order valence-corrected chi connectivity index (χ3v) is 9.19. The van der Waals surface area contributed by atoms with E-state index in [1.54, 1.807) is 9.13 Å². The second-order valence-corrected chi connectivity index (χ2v) is 11.9. The van der Waals surface area contributed by atoms with Crippen molar-refractivity contribution in [1.82, 2.24) is 9.13 Å². The Hall–Kier alpha value is -3.93. The second kappa shape index (κ2) is 12.7. The molecule has 2 aliphatic rings. The zero-order chi connectivity index (χ0) is 28.0. The van der Waals surface area contributed by atoms with Crippen LogP contribution >= 0.6 is 0 Å². The summed E-state index contributed by atoms with van der Waals surface area (Å²) in [6, 6.07) is 26.5. The average Bonchev–Trinajstić information content (AvgIpc) is 3.62. The summed E-state index contributed by atoms with van der Waals surface area (Å²) in [4.78, 5) is 28.0. The first-order valence-electron chi connectivity index (χ1n) is 15.4. The normalized spacial score (nSPS) is 20.1. The van der Waals surface area contributed by atoms with Crippen LogP contribution in [0.15, 0.2) is 99.6 Å². The van der Waals surface area contributed by atoms with E-state index in [2.05, 4.69) is 10.5 Å². The van der Waals surface area contributed by atoms with E-state index in [-0.39, 0.29) is 10.9 Å². The average molecular weight is 549 g/mol. The van der Waals surface area contributed by atoms with Crippen LogP contribution in [0.1, 0.15) is 64.2 Å². The molecule has 0 saturated heterocycles. The molecule has 1 heterocycles. The van der Waals surface area contributed by atoms with Gasteiger partial charge in [0.1, 0.15) is 0 Å². The maximum atomic E-state index is 14.0. The van der Waals surface area contributed by atoms with Gasteiger partial charge in [-0.1, -0.05) is 87.1 Å². The molecule has 2 saturated carbocycles. The van der Waals surface area contributed by atoms with Crippen LogP contribution in [0.2, 0.25) is 0 Å². The van der Waals surface area contributed by atoms with Crippen LogP contribution in [0.5, 0.6) is 0 Å². The first kappa shape index (κ1) is 27.3. The van der Waals surface area contributed by atoms with E-state index in [4.69, 9.17) is 0 Å².